The summed E-state index contributed by atoms with van der Waals surface area (Å²) in [6, 6.07) is 1.61. The SMILES string of the molecule is CC(C)[C@H](C(=O)N1CC(C#N)C1)N1Cc2c(Cl)cnc3c2C(=CC3)C1=O. The molecule has 3 heterocycles. The summed E-state index contributed by atoms with van der Waals surface area (Å²) in [4.78, 5) is 33.8. The summed E-state index contributed by atoms with van der Waals surface area (Å²) in [5.41, 5.74) is 3.20. The van der Waals surface area contributed by atoms with E-state index < -0.39 is 6.04 Å². The van der Waals surface area contributed by atoms with E-state index in [1.54, 1.807) is 16.0 Å². The van der Waals surface area contributed by atoms with Crippen LogP contribution in [0, 0.1) is 23.2 Å². The summed E-state index contributed by atoms with van der Waals surface area (Å²) in [6.45, 7) is 5.07. The average molecular weight is 371 g/mol. The Morgan fingerprint density at radius 2 is 2.15 bits per heavy atom. The van der Waals surface area contributed by atoms with Crippen LogP contribution in [0.2, 0.25) is 5.02 Å². The molecule has 134 valence electrons. The number of amides is 2. The van der Waals surface area contributed by atoms with Crippen LogP contribution in [0.3, 0.4) is 0 Å². The van der Waals surface area contributed by atoms with Gasteiger partial charge in [0, 0.05) is 49.0 Å². The van der Waals surface area contributed by atoms with Crippen molar-refractivity contribution in [3.63, 3.8) is 0 Å². The van der Waals surface area contributed by atoms with E-state index in [4.69, 9.17) is 16.9 Å². The zero-order valence-electron chi connectivity index (χ0n) is 14.7. The predicted octanol–water partition coefficient (Wildman–Crippen LogP) is 2.02. The second-order valence-corrected chi connectivity index (χ2v) is 7.83. The summed E-state index contributed by atoms with van der Waals surface area (Å²) in [5, 5.41) is 9.48. The normalized spacial score (nSPS) is 19.8. The van der Waals surface area contributed by atoms with E-state index in [1.165, 1.54) is 0 Å². The highest BCUT2D eigenvalue weighted by Crippen LogP contribution is 2.40. The Bertz CT molecular complexity index is 880. The summed E-state index contributed by atoms with van der Waals surface area (Å²) in [5.74, 6) is -0.376. The van der Waals surface area contributed by atoms with Gasteiger partial charge >= 0.3 is 0 Å². The molecule has 2 aliphatic heterocycles. The Morgan fingerprint density at radius 1 is 1.42 bits per heavy atom. The van der Waals surface area contributed by atoms with Gasteiger partial charge in [-0.3, -0.25) is 14.6 Å². The molecule has 1 aromatic rings. The fraction of sp³-hybridized carbons (Fsp3) is 0.474. The Hall–Kier alpha value is -2.39. The third-order valence-corrected chi connectivity index (χ3v) is 5.72. The second kappa shape index (κ2) is 6.10. The maximum absolute atomic E-state index is 13.1. The lowest BCUT2D eigenvalue weighted by Gasteiger charge is -2.43. The Balaban J connectivity index is 1.68. The number of hydrogen-bond acceptors (Lipinski definition) is 4. The van der Waals surface area contributed by atoms with Gasteiger partial charge in [-0.1, -0.05) is 31.5 Å². The van der Waals surface area contributed by atoms with E-state index >= 15 is 0 Å². The van der Waals surface area contributed by atoms with Gasteiger partial charge in [0.25, 0.3) is 5.91 Å². The van der Waals surface area contributed by atoms with Crippen molar-refractivity contribution in [3.05, 3.63) is 34.1 Å². The molecule has 4 rings (SSSR count). The van der Waals surface area contributed by atoms with Gasteiger partial charge in [-0.25, -0.2) is 0 Å². The number of carbonyl (C=O) groups is 2. The van der Waals surface area contributed by atoms with Crippen molar-refractivity contribution in [1.29, 1.82) is 5.26 Å². The third kappa shape index (κ3) is 2.42. The Labute approximate surface area is 157 Å². The average Bonchev–Trinajstić information content (AvgIpc) is 2.98. The van der Waals surface area contributed by atoms with Crippen LogP contribution in [-0.2, 0) is 22.6 Å². The Kier molecular flexibility index (Phi) is 4.00. The molecule has 26 heavy (non-hydrogen) atoms. The van der Waals surface area contributed by atoms with Crippen LogP contribution >= 0.6 is 11.6 Å². The van der Waals surface area contributed by atoms with Crippen LogP contribution in [-0.4, -0.2) is 45.7 Å². The molecule has 0 saturated carbocycles. The van der Waals surface area contributed by atoms with E-state index in [1.807, 2.05) is 19.9 Å². The standard InChI is InChI=1S/C19H19ClN4O2/c1-10(2)17(19(26)23-7-11(5-21)8-23)24-9-13-14(20)6-22-15-4-3-12(16(13)15)18(24)25/h3,6,10-11,17H,4,7-9H2,1-2H3/t17-/m1/s1. The number of hydrogen-bond donors (Lipinski definition) is 0. The van der Waals surface area contributed by atoms with Gasteiger partial charge in [-0.05, 0) is 5.92 Å². The number of aromatic nitrogens is 1. The molecule has 0 bridgehead atoms. The number of allylic oxidation sites excluding steroid dienone is 1. The monoisotopic (exact) mass is 370 g/mol. The maximum Gasteiger partial charge on any atom is 0.255 e. The highest BCUT2D eigenvalue weighted by atomic mass is 35.5. The number of pyridine rings is 1. The molecule has 0 radical (unpaired) electrons. The molecule has 0 N–H and O–H groups in total. The lowest BCUT2D eigenvalue weighted by atomic mass is 9.91. The van der Waals surface area contributed by atoms with Crippen molar-refractivity contribution < 1.29 is 9.59 Å². The van der Waals surface area contributed by atoms with Crippen molar-refractivity contribution in [3.8, 4) is 6.07 Å². The summed E-state index contributed by atoms with van der Waals surface area (Å²) in [6.07, 6.45) is 4.12. The van der Waals surface area contributed by atoms with Gasteiger partial charge in [0.15, 0.2) is 0 Å². The van der Waals surface area contributed by atoms with Crippen LogP contribution < -0.4 is 0 Å². The highest BCUT2D eigenvalue weighted by molar-refractivity contribution is 6.32. The number of nitrogens with zero attached hydrogens (tertiary/aromatic N) is 4. The molecule has 0 spiro atoms. The fourth-order valence-corrected chi connectivity index (χ4v) is 4.22. The molecule has 6 nitrogen and oxygen atoms in total. The molecule has 0 unspecified atom stereocenters. The van der Waals surface area contributed by atoms with E-state index in [-0.39, 0.29) is 23.7 Å². The lowest BCUT2D eigenvalue weighted by Crippen LogP contribution is -2.59. The van der Waals surface area contributed by atoms with Gasteiger partial charge in [0.1, 0.15) is 6.04 Å². The van der Waals surface area contributed by atoms with E-state index in [9.17, 15) is 9.59 Å². The number of halogens is 1. The third-order valence-electron chi connectivity index (χ3n) is 5.40. The number of nitriles is 1. The van der Waals surface area contributed by atoms with Crippen molar-refractivity contribution in [2.45, 2.75) is 32.9 Å². The zero-order chi connectivity index (χ0) is 18.6. The molecule has 1 atom stereocenters. The van der Waals surface area contributed by atoms with Crippen LogP contribution in [0.25, 0.3) is 5.57 Å². The topological polar surface area (TPSA) is 77.3 Å². The van der Waals surface area contributed by atoms with E-state index in [0.29, 0.717) is 36.7 Å². The summed E-state index contributed by atoms with van der Waals surface area (Å²) < 4.78 is 0. The van der Waals surface area contributed by atoms with Crippen molar-refractivity contribution in [2.75, 3.05) is 13.1 Å². The fourth-order valence-electron chi connectivity index (χ4n) is 4.02. The molecule has 1 aromatic heterocycles. The zero-order valence-corrected chi connectivity index (χ0v) is 15.5. The first-order chi connectivity index (χ1) is 12.4. The van der Waals surface area contributed by atoms with Gasteiger partial charge in [-0.2, -0.15) is 5.26 Å². The van der Waals surface area contributed by atoms with Gasteiger partial charge < -0.3 is 9.80 Å². The van der Waals surface area contributed by atoms with Crippen molar-refractivity contribution >= 4 is 29.0 Å². The smallest absolute Gasteiger partial charge is 0.255 e. The largest absolute Gasteiger partial charge is 0.338 e. The molecule has 1 fully saturated rings. The predicted molar refractivity (Wildman–Crippen MR) is 95.8 cm³/mol. The number of rotatable bonds is 3. The Morgan fingerprint density at radius 3 is 2.81 bits per heavy atom. The first kappa shape index (κ1) is 17.0. The second-order valence-electron chi connectivity index (χ2n) is 7.42. The van der Waals surface area contributed by atoms with E-state index in [2.05, 4.69) is 11.1 Å². The molecule has 7 heteroatoms. The van der Waals surface area contributed by atoms with Gasteiger partial charge in [0.2, 0.25) is 5.91 Å². The molecule has 3 aliphatic rings. The first-order valence-electron chi connectivity index (χ1n) is 8.78. The molecular weight excluding hydrogens is 352 g/mol. The molecule has 0 aromatic carbocycles. The van der Waals surface area contributed by atoms with Crippen LogP contribution in [0.15, 0.2) is 12.3 Å². The summed E-state index contributed by atoms with van der Waals surface area (Å²) in [7, 11) is 0. The maximum atomic E-state index is 13.1. The number of carbonyl (C=O) groups excluding carboxylic acids is 2. The highest BCUT2D eigenvalue weighted by Gasteiger charge is 2.44. The first-order valence-corrected chi connectivity index (χ1v) is 9.16. The summed E-state index contributed by atoms with van der Waals surface area (Å²) >= 11 is 6.36. The van der Waals surface area contributed by atoms with Crippen LogP contribution in [0.4, 0.5) is 0 Å². The van der Waals surface area contributed by atoms with Crippen molar-refractivity contribution in [1.82, 2.24) is 14.8 Å². The minimum Gasteiger partial charge on any atom is -0.338 e. The molecular formula is C19H19ClN4O2. The van der Waals surface area contributed by atoms with Crippen LogP contribution in [0.5, 0.6) is 0 Å². The quantitative estimate of drug-likeness (QED) is 0.815. The lowest BCUT2D eigenvalue weighted by molar-refractivity contribution is -0.149. The number of likely N-dealkylation sites (tertiary alicyclic amines) is 1. The van der Waals surface area contributed by atoms with Gasteiger partial charge in [-0.15, -0.1) is 0 Å². The van der Waals surface area contributed by atoms with Crippen LogP contribution in [0.1, 0.15) is 30.7 Å². The van der Waals surface area contributed by atoms with Crippen molar-refractivity contribution in [2.24, 2.45) is 11.8 Å². The minimum absolute atomic E-state index is 0.0452. The minimum atomic E-state index is -0.565. The van der Waals surface area contributed by atoms with Gasteiger partial charge in [0.05, 0.1) is 22.7 Å². The van der Waals surface area contributed by atoms with E-state index in [0.717, 1.165) is 16.8 Å². The molecule has 1 saturated heterocycles. The molecule has 2 amide bonds. The molecule has 1 aliphatic carbocycles.